The normalized spacial score (nSPS) is 10.8. The SMILES string of the molecule is CCCCCCCCCCCCCCCCCCO.CCCCCCCCCCCCCCCCO.CCCCOCCCC. The number of unbranched alkanes of at least 4 members (excludes halogenated alkanes) is 30. The van der Waals surface area contributed by atoms with Crippen molar-refractivity contribution in [2.24, 2.45) is 0 Å². The lowest BCUT2D eigenvalue weighted by molar-refractivity contribution is 0.128. The van der Waals surface area contributed by atoms with Crippen molar-refractivity contribution in [3.63, 3.8) is 0 Å². The largest absolute Gasteiger partial charge is 0.396 e. The fourth-order valence-corrected chi connectivity index (χ4v) is 5.56. The summed E-state index contributed by atoms with van der Waals surface area (Å²) in [5.74, 6) is 0. The highest BCUT2D eigenvalue weighted by atomic mass is 16.5. The van der Waals surface area contributed by atoms with E-state index in [2.05, 4.69) is 27.7 Å². The lowest BCUT2D eigenvalue weighted by Gasteiger charge is -2.03. The summed E-state index contributed by atoms with van der Waals surface area (Å²) in [5, 5.41) is 17.3. The fraction of sp³-hybridized carbons (Fsp3) is 1.00. The quantitative estimate of drug-likeness (QED) is 0.0669. The van der Waals surface area contributed by atoms with E-state index in [4.69, 9.17) is 14.9 Å². The molecule has 0 aliphatic carbocycles. The van der Waals surface area contributed by atoms with E-state index in [0.717, 1.165) is 26.1 Å². The van der Waals surface area contributed by atoms with Crippen LogP contribution in [-0.2, 0) is 4.74 Å². The molecule has 276 valence electrons. The topological polar surface area (TPSA) is 49.7 Å². The van der Waals surface area contributed by atoms with Crippen molar-refractivity contribution in [2.75, 3.05) is 26.4 Å². The third-order valence-electron chi connectivity index (χ3n) is 8.81. The van der Waals surface area contributed by atoms with E-state index in [1.54, 1.807) is 0 Å². The molecule has 0 aromatic carbocycles. The van der Waals surface area contributed by atoms with Gasteiger partial charge < -0.3 is 14.9 Å². The molecule has 0 aliphatic heterocycles. The Morgan fingerprint density at radius 3 is 0.600 bits per heavy atom. The van der Waals surface area contributed by atoms with Gasteiger partial charge in [0.2, 0.25) is 0 Å². The summed E-state index contributed by atoms with van der Waals surface area (Å²) in [6, 6.07) is 0. The third kappa shape index (κ3) is 59.8. The first-order valence-corrected chi connectivity index (χ1v) is 21.0. The molecule has 0 fully saturated rings. The van der Waals surface area contributed by atoms with Gasteiger partial charge >= 0.3 is 0 Å². The molecule has 0 aliphatic rings. The molecule has 3 nitrogen and oxygen atoms in total. The smallest absolute Gasteiger partial charge is 0.0465 e. The van der Waals surface area contributed by atoms with E-state index in [-0.39, 0.29) is 0 Å². The Hall–Kier alpha value is -0.120. The van der Waals surface area contributed by atoms with Gasteiger partial charge in [0.1, 0.15) is 0 Å². The molecule has 0 aromatic heterocycles. The summed E-state index contributed by atoms with van der Waals surface area (Å²) < 4.78 is 5.31. The monoisotopic (exact) mass is 643 g/mol. The predicted octanol–water partition coefficient (Wildman–Crippen LogP) is 14.3. The minimum Gasteiger partial charge on any atom is -0.396 e. The average Bonchev–Trinajstić information content (AvgIpc) is 3.06. The van der Waals surface area contributed by atoms with E-state index in [1.807, 2.05) is 0 Å². The summed E-state index contributed by atoms with van der Waals surface area (Å²) in [4.78, 5) is 0. The van der Waals surface area contributed by atoms with Crippen LogP contribution < -0.4 is 0 Å². The minimum atomic E-state index is 0.373. The molecule has 0 spiro atoms. The van der Waals surface area contributed by atoms with E-state index in [0.29, 0.717) is 13.2 Å². The second-order valence-electron chi connectivity index (χ2n) is 13.7. The number of ether oxygens (including phenoxy) is 1. The van der Waals surface area contributed by atoms with Crippen LogP contribution in [0.1, 0.15) is 246 Å². The zero-order valence-electron chi connectivity index (χ0n) is 32.2. The summed E-state index contributed by atoms with van der Waals surface area (Å²) in [6.07, 6.45) is 46.3. The highest BCUT2D eigenvalue weighted by Crippen LogP contribution is 2.14. The summed E-state index contributed by atoms with van der Waals surface area (Å²) >= 11 is 0. The molecule has 0 bridgehead atoms. The van der Waals surface area contributed by atoms with Gasteiger partial charge in [-0.15, -0.1) is 0 Å². The molecular formula is C42H90O3. The van der Waals surface area contributed by atoms with Gasteiger partial charge in [0.15, 0.2) is 0 Å². The second kappa shape index (κ2) is 53.4. The number of hydrogen-bond acceptors (Lipinski definition) is 3. The van der Waals surface area contributed by atoms with Crippen LogP contribution in [0.2, 0.25) is 0 Å². The van der Waals surface area contributed by atoms with Gasteiger partial charge in [-0.3, -0.25) is 0 Å². The van der Waals surface area contributed by atoms with Crippen molar-refractivity contribution >= 4 is 0 Å². The van der Waals surface area contributed by atoms with E-state index >= 15 is 0 Å². The first-order chi connectivity index (χ1) is 22.2. The van der Waals surface area contributed by atoms with Crippen molar-refractivity contribution in [1.82, 2.24) is 0 Å². The molecule has 0 rings (SSSR count). The lowest BCUT2D eigenvalue weighted by atomic mass is 10.0. The first kappa shape index (κ1) is 49.3. The van der Waals surface area contributed by atoms with Crippen molar-refractivity contribution in [3.8, 4) is 0 Å². The van der Waals surface area contributed by atoms with Gasteiger partial charge in [0.05, 0.1) is 0 Å². The van der Waals surface area contributed by atoms with Gasteiger partial charge in [-0.1, -0.05) is 220 Å². The first-order valence-electron chi connectivity index (χ1n) is 21.0. The van der Waals surface area contributed by atoms with Crippen LogP contribution in [0.3, 0.4) is 0 Å². The molecule has 0 unspecified atom stereocenters. The third-order valence-corrected chi connectivity index (χ3v) is 8.81. The van der Waals surface area contributed by atoms with Crippen LogP contribution in [-0.4, -0.2) is 36.6 Å². The lowest BCUT2D eigenvalue weighted by Crippen LogP contribution is -1.95. The molecule has 3 heteroatoms. The molecule has 2 N–H and O–H groups in total. The molecule has 0 aromatic rings. The Morgan fingerprint density at radius 2 is 0.422 bits per heavy atom. The molecule has 0 heterocycles. The molecule has 0 amide bonds. The fourth-order valence-electron chi connectivity index (χ4n) is 5.56. The van der Waals surface area contributed by atoms with Crippen LogP contribution in [0.4, 0.5) is 0 Å². The minimum absolute atomic E-state index is 0.373. The van der Waals surface area contributed by atoms with Crippen LogP contribution in [0.25, 0.3) is 0 Å². The molecule has 45 heavy (non-hydrogen) atoms. The van der Waals surface area contributed by atoms with Crippen LogP contribution in [0.5, 0.6) is 0 Å². The maximum atomic E-state index is 8.67. The molecule has 0 radical (unpaired) electrons. The summed E-state index contributed by atoms with van der Waals surface area (Å²) in [5.41, 5.74) is 0. The Kier molecular flexibility index (Phi) is 58.4. The predicted molar refractivity (Wildman–Crippen MR) is 205 cm³/mol. The van der Waals surface area contributed by atoms with E-state index < -0.39 is 0 Å². The van der Waals surface area contributed by atoms with Crippen LogP contribution >= 0.6 is 0 Å². The molecule has 0 atom stereocenters. The Bertz CT molecular complexity index is 392. The Labute approximate surface area is 286 Å². The van der Waals surface area contributed by atoms with Crippen molar-refractivity contribution in [1.29, 1.82) is 0 Å². The highest BCUT2D eigenvalue weighted by Gasteiger charge is 1.95. The van der Waals surface area contributed by atoms with Crippen LogP contribution in [0.15, 0.2) is 0 Å². The van der Waals surface area contributed by atoms with Gasteiger partial charge in [-0.2, -0.15) is 0 Å². The van der Waals surface area contributed by atoms with Crippen molar-refractivity contribution in [3.05, 3.63) is 0 Å². The maximum Gasteiger partial charge on any atom is 0.0465 e. The zero-order chi connectivity index (χ0) is 33.6. The number of rotatable bonds is 36. The zero-order valence-corrected chi connectivity index (χ0v) is 32.2. The van der Waals surface area contributed by atoms with Gasteiger partial charge in [0.25, 0.3) is 0 Å². The van der Waals surface area contributed by atoms with Crippen molar-refractivity contribution in [2.45, 2.75) is 246 Å². The standard InChI is InChI=1S/C18H38O.C16H34O.C8H18O/c1-2-3-4-5-6-7-8-9-10-11-12-13-14-15-16-17-18-19;1-2-3-4-5-6-7-8-9-10-11-12-13-14-15-16-17;1-3-5-7-9-8-6-4-2/h19H,2-18H2,1H3;17H,2-16H2,1H3;3-8H2,1-2H3. The molecule has 0 saturated carbocycles. The number of aliphatic hydroxyl groups excluding tert-OH is 2. The van der Waals surface area contributed by atoms with Gasteiger partial charge in [-0.25, -0.2) is 0 Å². The maximum absolute atomic E-state index is 8.67. The molecule has 0 saturated heterocycles. The van der Waals surface area contributed by atoms with Crippen LogP contribution in [0, 0.1) is 0 Å². The molecular weight excluding hydrogens is 552 g/mol. The van der Waals surface area contributed by atoms with Gasteiger partial charge in [0, 0.05) is 26.4 Å². The van der Waals surface area contributed by atoms with E-state index in [1.165, 1.54) is 205 Å². The average molecular weight is 643 g/mol. The summed E-state index contributed by atoms with van der Waals surface area (Å²) in [6.45, 7) is 11.6. The number of aliphatic hydroxyl groups is 2. The summed E-state index contributed by atoms with van der Waals surface area (Å²) in [7, 11) is 0. The van der Waals surface area contributed by atoms with Gasteiger partial charge in [-0.05, 0) is 25.7 Å². The highest BCUT2D eigenvalue weighted by molar-refractivity contribution is 4.51. The Morgan fingerprint density at radius 1 is 0.244 bits per heavy atom. The Balaban J connectivity index is -0.000000624. The number of hydrogen-bond donors (Lipinski definition) is 2. The van der Waals surface area contributed by atoms with Crippen molar-refractivity contribution < 1.29 is 14.9 Å². The second-order valence-corrected chi connectivity index (χ2v) is 13.7. The van der Waals surface area contributed by atoms with E-state index in [9.17, 15) is 0 Å².